The fourth-order valence-corrected chi connectivity index (χ4v) is 3.88. The number of alkyl halides is 6. The highest BCUT2D eigenvalue weighted by Crippen LogP contribution is 2.37. The molecule has 1 fully saturated rings. The summed E-state index contributed by atoms with van der Waals surface area (Å²) in [7, 11) is 0. The first-order chi connectivity index (χ1) is 17.3. The molecule has 0 saturated carbocycles. The number of hydrogen-bond acceptors (Lipinski definition) is 7. The molecule has 0 unspecified atom stereocenters. The number of likely N-dealkylation sites (N-methyl/N-ethyl adjacent to an activating group) is 1. The van der Waals surface area contributed by atoms with Gasteiger partial charge >= 0.3 is 18.3 Å². The van der Waals surface area contributed by atoms with Gasteiger partial charge in [0.1, 0.15) is 11.4 Å². The molecule has 1 aromatic carbocycles. The van der Waals surface area contributed by atoms with Crippen molar-refractivity contribution in [1.82, 2.24) is 30.6 Å². The Labute approximate surface area is 206 Å². The molecule has 1 saturated heterocycles. The van der Waals surface area contributed by atoms with E-state index in [4.69, 9.17) is 9.90 Å². The molecule has 0 aliphatic carbocycles. The number of carboxylic acids is 1. The molecule has 15 heteroatoms. The number of carboxylic acid groups (broad SMARTS) is 1. The van der Waals surface area contributed by atoms with Crippen LogP contribution in [-0.2, 0) is 17.5 Å². The van der Waals surface area contributed by atoms with E-state index >= 15 is 0 Å². The van der Waals surface area contributed by atoms with Gasteiger partial charge in [-0.3, -0.25) is 5.10 Å². The Balaban J connectivity index is 0.000000479. The topological polar surface area (TPSA) is 127 Å². The van der Waals surface area contributed by atoms with E-state index in [-0.39, 0.29) is 11.3 Å². The van der Waals surface area contributed by atoms with Crippen LogP contribution in [0, 0.1) is 0 Å². The molecule has 1 aliphatic heterocycles. The quantitative estimate of drug-likeness (QED) is 0.363. The monoisotopic (exact) mass is 534 g/mol. The van der Waals surface area contributed by atoms with Gasteiger partial charge in [0.25, 0.3) is 0 Å². The van der Waals surface area contributed by atoms with Crippen molar-refractivity contribution < 1.29 is 41.4 Å². The van der Waals surface area contributed by atoms with Gasteiger partial charge in [0.05, 0.1) is 23.0 Å². The number of phenols is 1. The number of nitrogens with one attached hydrogen (secondary N) is 2. The number of aromatic hydroxyl groups is 1. The van der Waals surface area contributed by atoms with Crippen LogP contribution in [0.5, 0.6) is 5.75 Å². The predicted molar refractivity (Wildman–Crippen MR) is 119 cm³/mol. The van der Waals surface area contributed by atoms with Crippen molar-refractivity contribution in [3.8, 4) is 17.0 Å². The number of halogens is 6. The maximum atomic E-state index is 12.9. The first kappa shape index (κ1) is 28.1. The number of nitrogens with zero attached hydrogens (tertiary/aromatic N) is 4. The molecule has 0 spiro atoms. The molecule has 2 aromatic heterocycles. The number of H-pyrrole nitrogens is 1. The minimum atomic E-state index is -5.08. The largest absolute Gasteiger partial charge is 0.507 e. The lowest BCUT2D eigenvalue weighted by Gasteiger charge is -2.32. The van der Waals surface area contributed by atoms with Gasteiger partial charge in [0.2, 0.25) is 0 Å². The average molecular weight is 534 g/mol. The van der Waals surface area contributed by atoms with Crippen LogP contribution in [0.1, 0.15) is 31.0 Å². The van der Waals surface area contributed by atoms with Crippen molar-refractivity contribution in [2.24, 2.45) is 0 Å². The van der Waals surface area contributed by atoms with Crippen LogP contribution in [0.4, 0.5) is 26.3 Å². The molecule has 4 N–H and O–H groups in total. The Kier molecular flexibility index (Phi) is 8.58. The first-order valence-electron chi connectivity index (χ1n) is 11.2. The number of aromatic amines is 1. The van der Waals surface area contributed by atoms with E-state index in [0.717, 1.165) is 43.9 Å². The summed E-state index contributed by atoms with van der Waals surface area (Å²) in [6.45, 7) is 5.78. The molecule has 0 amide bonds. The molecular weight excluding hydrogens is 510 g/mol. The number of hydrogen-bond donors (Lipinski definition) is 4. The van der Waals surface area contributed by atoms with Gasteiger partial charge < -0.3 is 20.4 Å². The Hall–Kier alpha value is -3.46. The lowest BCUT2D eigenvalue weighted by atomic mass is 10.0. The van der Waals surface area contributed by atoms with Gasteiger partial charge in [0, 0.05) is 30.1 Å². The van der Waals surface area contributed by atoms with Crippen molar-refractivity contribution in [2.45, 2.75) is 44.7 Å². The number of piperidine rings is 1. The third kappa shape index (κ3) is 7.07. The highest BCUT2D eigenvalue weighted by molar-refractivity contribution is 5.93. The Morgan fingerprint density at radius 3 is 2.51 bits per heavy atom. The third-order valence-corrected chi connectivity index (χ3v) is 5.79. The maximum Gasteiger partial charge on any atom is 0.490 e. The summed E-state index contributed by atoms with van der Waals surface area (Å²) in [5.41, 5.74) is 0.715. The zero-order valence-electron chi connectivity index (χ0n) is 19.5. The van der Waals surface area contributed by atoms with Crippen molar-refractivity contribution in [2.75, 3.05) is 19.6 Å². The van der Waals surface area contributed by atoms with Gasteiger partial charge in [-0.2, -0.15) is 36.5 Å². The number of likely N-dealkylation sites (tertiary alicyclic amines) is 1. The van der Waals surface area contributed by atoms with Gasteiger partial charge in [0.15, 0.2) is 0 Å². The molecule has 202 valence electrons. The molecule has 37 heavy (non-hydrogen) atoms. The molecule has 0 bridgehead atoms. The second-order valence-corrected chi connectivity index (χ2v) is 8.30. The molecule has 0 radical (unpaired) electrons. The third-order valence-electron chi connectivity index (χ3n) is 5.79. The fraction of sp³-hybridized carbons (Fsp3) is 0.455. The Morgan fingerprint density at radius 1 is 1.22 bits per heavy atom. The second-order valence-electron chi connectivity index (χ2n) is 8.30. The Bertz CT molecular complexity index is 1230. The number of rotatable bonds is 5. The molecule has 3 aromatic rings. The fourth-order valence-electron chi connectivity index (χ4n) is 3.88. The van der Waals surface area contributed by atoms with Crippen LogP contribution in [0.3, 0.4) is 0 Å². The molecule has 4 rings (SSSR count). The van der Waals surface area contributed by atoms with Crippen molar-refractivity contribution >= 4 is 16.9 Å². The van der Waals surface area contributed by atoms with Gasteiger partial charge in [-0.1, -0.05) is 6.92 Å². The van der Waals surface area contributed by atoms with Gasteiger partial charge in [-0.05, 0) is 44.1 Å². The van der Waals surface area contributed by atoms with E-state index in [2.05, 4.69) is 37.5 Å². The van der Waals surface area contributed by atoms with Crippen LogP contribution in [0.25, 0.3) is 22.2 Å². The number of phenolic OH excluding ortho intramolecular Hbond substituents is 1. The molecule has 1 aliphatic rings. The molecular formula is C22H24F6N6O3. The Morgan fingerprint density at radius 2 is 1.92 bits per heavy atom. The smallest absolute Gasteiger partial charge is 0.490 e. The van der Waals surface area contributed by atoms with E-state index in [1.807, 2.05) is 0 Å². The number of carbonyl (C=O) groups is 1. The van der Waals surface area contributed by atoms with Crippen molar-refractivity contribution in [3.05, 3.63) is 35.7 Å². The summed E-state index contributed by atoms with van der Waals surface area (Å²) >= 11 is 0. The van der Waals surface area contributed by atoms with Crippen LogP contribution in [-0.4, -0.2) is 73.3 Å². The first-order valence-corrected chi connectivity index (χ1v) is 11.2. The maximum absolute atomic E-state index is 12.9. The SMILES string of the molecule is CCN1CCC[C@H](NCc2nnc(-c3ccc(C(F)(F)F)cc3O)c3[nH]ncc23)C1.O=C(O)C(F)(F)F. The normalized spacial score (nSPS) is 16.9. The van der Waals surface area contributed by atoms with Crippen LogP contribution < -0.4 is 5.32 Å². The lowest BCUT2D eigenvalue weighted by Crippen LogP contribution is -2.45. The number of aromatic nitrogens is 4. The van der Waals surface area contributed by atoms with E-state index in [9.17, 15) is 31.4 Å². The summed E-state index contributed by atoms with van der Waals surface area (Å²) in [6.07, 6.45) is -5.77. The highest BCUT2D eigenvalue weighted by atomic mass is 19.4. The zero-order valence-corrected chi connectivity index (χ0v) is 19.5. The van der Waals surface area contributed by atoms with Crippen molar-refractivity contribution in [3.63, 3.8) is 0 Å². The molecule has 9 nitrogen and oxygen atoms in total. The minimum absolute atomic E-state index is 0.162. The summed E-state index contributed by atoms with van der Waals surface area (Å²) in [6, 6.07) is 3.16. The number of fused-ring (bicyclic) bond motifs is 1. The lowest BCUT2D eigenvalue weighted by molar-refractivity contribution is -0.192. The summed E-state index contributed by atoms with van der Waals surface area (Å²) < 4.78 is 70.4. The van der Waals surface area contributed by atoms with Crippen LogP contribution in [0.15, 0.2) is 24.4 Å². The average Bonchev–Trinajstić information content (AvgIpc) is 3.32. The summed E-state index contributed by atoms with van der Waals surface area (Å²) in [4.78, 5) is 11.3. The zero-order chi connectivity index (χ0) is 27.4. The summed E-state index contributed by atoms with van der Waals surface area (Å²) in [5.74, 6) is -3.27. The molecule has 3 heterocycles. The van der Waals surface area contributed by atoms with E-state index in [1.165, 1.54) is 6.07 Å². The summed E-state index contributed by atoms with van der Waals surface area (Å²) in [5, 5.41) is 36.9. The molecule has 1 atom stereocenters. The number of aliphatic carboxylic acids is 1. The second kappa shape index (κ2) is 11.3. The minimum Gasteiger partial charge on any atom is -0.507 e. The highest BCUT2D eigenvalue weighted by Gasteiger charge is 2.38. The van der Waals surface area contributed by atoms with Gasteiger partial charge in [-0.25, -0.2) is 4.79 Å². The van der Waals surface area contributed by atoms with E-state index in [0.29, 0.717) is 29.9 Å². The number of benzene rings is 1. The predicted octanol–water partition coefficient (Wildman–Crippen LogP) is 3.95. The van der Waals surface area contributed by atoms with E-state index in [1.54, 1.807) is 6.20 Å². The standard InChI is InChI=1S/C20H23F3N6O.C2HF3O2/c1-2-29-7-3-4-13(11-29)24-10-16-15-9-25-27-19(15)18(28-26-16)14-6-5-12(8-17(14)30)20(21,22)23;3-2(4,5)1(6)7/h5-6,8-9,13,24,30H,2-4,7,10-11H2,1H3,(H,25,27);(H,6,7)/t13-;/m0./s1. The van der Waals surface area contributed by atoms with Gasteiger partial charge in [-0.15, -0.1) is 5.10 Å². The van der Waals surface area contributed by atoms with Crippen molar-refractivity contribution in [1.29, 1.82) is 0 Å². The van der Waals surface area contributed by atoms with E-state index < -0.39 is 29.6 Å². The van der Waals surface area contributed by atoms with Crippen LogP contribution in [0.2, 0.25) is 0 Å². The van der Waals surface area contributed by atoms with Crippen LogP contribution >= 0.6 is 0 Å².